The molecule has 1 aliphatic heterocycles. The number of benzene rings is 1. The minimum atomic E-state index is -1.08. The number of carbonyl (C=O) groups is 1. The molecule has 0 aromatic heterocycles. The number of amidine groups is 1. The Morgan fingerprint density at radius 3 is 2.88 bits per heavy atom. The van der Waals surface area contributed by atoms with Gasteiger partial charge >= 0.3 is 6.09 Å². The van der Waals surface area contributed by atoms with Crippen LogP contribution in [0.25, 0.3) is 10.4 Å². The molecular weight excluding hydrogens is 329 g/mol. The molecule has 1 N–H and O–H groups in total. The maximum atomic E-state index is 14.3. The first kappa shape index (κ1) is 18.7. The first-order valence-electron chi connectivity index (χ1n) is 7.64. The number of ether oxygens (including phenoxy) is 2. The van der Waals surface area contributed by atoms with E-state index in [0.717, 1.165) is 0 Å². The molecular formula is C16H20FN5O3. The Balaban J connectivity index is 2.30. The second-order valence-corrected chi connectivity index (χ2v) is 6.81. The number of halogens is 1. The fourth-order valence-corrected chi connectivity index (χ4v) is 2.37. The lowest BCUT2D eigenvalue weighted by Gasteiger charge is -2.31. The summed E-state index contributed by atoms with van der Waals surface area (Å²) in [6.45, 7) is 7.09. The van der Waals surface area contributed by atoms with Gasteiger partial charge in [0.15, 0.2) is 0 Å². The first-order valence-corrected chi connectivity index (χ1v) is 7.64. The topological polar surface area (TPSA) is 109 Å². The van der Waals surface area contributed by atoms with E-state index in [0.29, 0.717) is 0 Å². The lowest BCUT2D eigenvalue weighted by molar-refractivity contribution is 0.0543. The van der Waals surface area contributed by atoms with E-state index in [2.05, 4.69) is 20.3 Å². The second kappa shape index (κ2) is 7.08. The summed E-state index contributed by atoms with van der Waals surface area (Å²) in [4.78, 5) is 19.0. The normalized spacial score (nSPS) is 20.3. The molecule has 25 heavy (non-hydrogen) atoms. The third-order valence-corrected chi connectivity index (χ3v) is 3.34. The molecule has 1 aliphatic rings. The fourth-order valence-electron chi connectivity index (χ4n) is 2.37. The minimum Gasteiger partial charge on any atom is -0.444 e. The molecule has 0 aliphatic carbocycles. The van der Waals surface area contributed by atoms with E-state index in [9.17, 15) is 9.18 Å². The third kappa shape index (κ3) is 4.91. The highest BCUT2D eigenvalue weighted by atomic mass is 19.1. The largest absolute Gasteiger partial charge is 0.444 e. The van der Waals surface area contributed by atoms with Gasteiger partial charge in [0, 0.05) is 16.2 Å². The van der Waals surface area contributed by atoms with Crippen LogP contribution in [0.2, 0.25) is 0 Å². The molecule has 1 atom stereocenters. The van der Waals surface area contributed by atoms with Gasteiger partial charge < -0.3 is 9.47 Å². The molecule has 0 saturated carbocycles. The molecule has 0 radical (unpaired) electrons. The molecule has 8 nitrogen and oxygen atoms in total. The van der Waals surface area contributed by atoms with Crippen LogP contribution >= 0.6 is 0 Å². The summed E-state index contributed by atoms with van der Waals surface area (Å²) < 4.78 is 24.9. The summed E-state index contributed by atoms with van der Waals surface area (Å²) in [5, 5.41) is 6.00. The van der Waals surface area contributed by atoms with Crippen molar-refractivity contribution in [2.75, 3.05) is 13.2 Å². The fraction of sp³-hybridized carbons (Fsp3) is 0.500. The summed E-state index contributed by atoms with van der Waals surface area (Å²) >= 11 is 0. The van der Waals surface area contributed by atoms with Gasteiger partial charge in [0.05, 0.1) is 6.61 Å². The number of rotatable bonds is 2. The Kier molecular flexibility index (Phi) is 5.30. The predicted molar refractivity (Wildman–Crippen MR) is 90.2 cm³/mol. The Morgan fingerprint density at radius 1 is 1.52 bits per heavy atom. The van der Waals surface area contributed by atoms with E-state index in [1.165, 1.54) is 18.2 Å². The van der Waals surface area contributed by atoms with Crippen LogP contribution in [-0.4, -0.2) is 30.7 Å². The number of hydrogen-bond donors (Lipinski definition) is 1. The summed E-state index contributed by atoms with van der Waals surface area (Å²) in [5.74, 6) is -0.276. The van der Waals surface area contributed by atoms with Crippen LogP contribution in [0.3, 0.4) is 0 Å². The highest BCUT2D eigenvalue weighted by molar-refractivity contribution is 5.96. The van der Waals surface area contributed by atoms with Gasteiger partial charge in [-0.15, -0.1) is 0 Å². The smallest absolute Gasteiger partial charge is 0.413 e. The number of aliphatic imine (C=N–C) groups is 1. The Hall–Kier alpha value is -2.64. The van der Waals surface area contributed by atoms with Gasteiger partial charge in [-0.05, 0) is 51.4 Å². The second-order valence-electron chi connectivity index (χ2n) is 6.81. The van der Waals surface area contributed by atoms with Crippen LogP contribution in [0.15, 0.2) is 28.3 Å². The quantitative estimate of drug-likeness (QED) is 0.496. The number of nitrogens with zero attached hydrogens (tertiary/aromatic N) is 4. The number of amides is 1. The van der Waals surface area contributed by atoms with Crippen LogP contribution in [0.1, 0.15) is 33.3 Å². The van der Waals surface area contributed by atoms with Crippen molar-refractivity contribution < 1.29 is 18.7 Å². The standard InChI is InChI=1S/C16H20FN5O3/c1-15(2,3)25-14(23)19-13-8-24-9-16(4,20-13)11-7-10(21-22-18)5-6-12(11)17/h5-7H,8-9H2,1-4H3,(H,19,20,23)/t16-/m1/s1. The number of azide groups is 1. The molecule has 1 heterocycles. The van der Waals surface area contributed by atoms with Crippen molar-refractivity contribution in [1.29, 1.82) is 0 Å². The van der Waals surface area contributed by atoms with Crippen molar-refractivity contribution in [2.24, 2.45) is 10.1 Å². The number of nitrogens with one attached hydrogen (secondary N) is 1. The molecule has 1 aromatic rings. The molecule has 0 spiro atoms. The highest BCUT2D eigenvalue weighted by Crippen LogP contribution is 2.33. The van der Waals surface area contributed by atoms with Crippen molar-refractivity contribution in [3.8, 4) is 0 Å². The molecule has 0 bridgehead atoms. The minimum absolute atomic E-state index is 0.0759. The van der Waals surface area contributed by atoms with Crippen molar-refractivity contribution in [2.45, 2.75) is 38.8 Å². The summed E-state index contributed by atoms with van der Waals surface area (Å²) in [6.07, 6.45) is -0.664. The lowest BCUT2D eigenvalue weighted by Crippen LogP contribution is -2.44. The number of hydrogen-bond acceptors (Lipinski definition) is 5. The molecule has 134 valence electrons. The van der Waals surface area contributed by atoms with Gasteiger partial charge in [-0.1, -0.05) is 5.11 Å². The zero-order valence-electron chi connectivity index (χ0n) is 14.5. The van der Waals surface area contributed by atoms with Crippen molar-refractivity contribution in [3.05, 3.63) is 40.0 Å². The Bertz CT molecular complexity index is 753. The molecule has 0 unspecified atom stereocenters. The van der Waals surface area contributed by atoms with Crippen LogP contribution in [0.5, 0.6) is 0 Å². The van der Waals surface area contributed by atoms with Crippen molar-refractivity contribution in [3.63, 3.8) is 0 Å². The molecule has 1 amide bonds. The van der Waals surface area contributed by atoms with Crippen LogP contribution in [0, 0.1) is 5.82 Å². The molecule has 2 rings (SSSR count). The van der Waals surface area contributed by atoms with Crippen molar-refractivity contribution >= 4 is 17.6 Å². The SMILES string of the molecule is CC(C)(C)OC(=O)NC1=N[C@@](C)(c2cc(N=[N+]=[N-])ccc2F)COC1. The lowest BCUT2D eigenvalue weighted by atomic mass is 9.92. The van der Waals surface area contributed by atoms with E-state index < -0.39 is 23.1 Å². The number of alkyl carbamates (subject to hydrolysis) is 1. The third-order valence-electron chi connectivity index (χ3n) is 3.34. The van der Waals surface area contributed by atoms with Gasteiger partial charge in [0.2, 0.25) is 0 Å². The van der Waals surface area contributed by atoms with Crippen LogP contribution < -0.4 is 5.32 Å². The van der Waals surface area contributed by atoms with E-state index in [1.807, 2.05) is 0 Å². The molecule has 1 aromatic carbocycles. The van der Waals surface area contributed by atoms with Gasteiger partial charge in [0.1, 0.15) is 29.4 Å². The zero-order valence-corrected chi connectivity index (χ0v) is 14.5. The molecule has 9 heteroatoms. The van der Waals surface area contributed by atoms with E-state index in [4.69, 9.17) is 15.0 Å². The zero-order chi connectivity index (χ0) is 18.7. The Labute approximate surface area is 144 Å². The van der Waals surface area contributed by atoms with Gasteiger partial charge in [-0.3, -0.25) is 10.3 Å². The maximum absolute atomic E-state index is 14.3. The van der Waals surface area contributed by atoms with Gasteiger partial charge in [-0.2, -0.15) is 0 Å². The average molecular weight is 349 g/mol. The molecule has 0 saturated heterocycles. The number of carbonyl (C=O) groups excluding carboxylic acids is 1. The Morgan fingerprint density at radius 2 is 2.24 bits per heavy atom. The first-order chi connectivity index (χ1) is 11.6. The van der Waals surface area contributed by atoms with E-state index in [1.54, 1.807) is 27.7 Å². The average Bonchev–Trinajstić information content (AvgIpc) is 2.47. The van der Waals surface area contributed by atoms with E-state index in [-0.39, 0.29) is 30.3 Å². The maximum Gasteiger partial charge on any atom is 0.413 e. The predicted octanol–water partition coefficient (Wildman–Crippen LogP) is 3.94. The van der Waals surface area contributed by atoms with Gasteiger partial charge in [0.25, 0.3) is 0 Å². The highest BCUT2D eigenvalue weighted by Gasteiger charge is 2.34. The summed E-state index contributed by atoms with van der Waals surface area (Å²) in [6, 6.07) is 3.99. The van der Waals surface area contributed by atoms with Crippen molar-refractivity contribution in [1.82, 2.24) is 5.32 Å². The van der Waals surface area contributed by atoms with Gasteiger partial charge in [-0.25, -0.2) is 9.18 Å². The van der Waals surface area contributed by atoms with E-state index >= 15 is 0 Å². The van der Waals surface area contributed by atoms with Crippen LogP contribution in [0.4, 0.5) is 14.9 Å². The molecule has 0 fully saturated rings. The summed E-state index contributed by atoms with van der Waals surface area (Å²) in [5.41, 5.74) is 7.29. The summed E-state index contributed by atoms with van der Waals surface area (Å²) in [7, 11) is 0. The monoisotopic (exact) mass is 349 g/mol. The van der Waals surface area contributed by atoms with Crippen LogP contribution in [-0.2, 0) is 15.0 Å².